The molecule has 1 aromatic rings. The van der Waals surface area contributed by atoms with Crippen molar-refractivity contribution in [3.8, 4) is 0 Å². The second-order valence-corrected chi connectivity index (χ2v) is 3.23. The molecule has 1 heterocycles. The average Bonchev–Trinajstić information content (AvgIpc) is 2.98. The van der Waals surface area contributed by atoms with Crippen LogP contribution in [-0.4, -0.2) is 11.3 Å². The summed E-state index contributed by atoms with van der Waals surface area (Å²) in [5, 5.41) is 14.9. The van der Waals surface area contributed by atoms with Gasteiger partial charge in [0.1, 0.15) is 0 Å². The predicted molar refractivity (Wildman–Crippen MR) is 45.0 cm³/mol. The maximum absolute atomic E-state index is 12.5. The minimum Gasteiger partial charge on any atom is -0.392 e. The highest BCUT2D eigenvalue weighted by molar-refractivity contribution is 5.32. The summed E-state index contributed by atoms with van der Waals surface area (Å²) in [7, 11) is 0. The summed E-state index contributed by atoms with van der Waals surface area (Å²) < 4.78 is 37.6. The van der Waals surface area contributed by atoms with E-state index in [4.69, 9.17) is 5.11 Å². The molecule has 0 atom stereocenters. The van der Waals surface area contributed by atoms with E-state index < -0.39 is 11.8 Å². The maximum atomic E-state index is 12.5. The third kappa shape index (κ3) is 1.50. The summed E-state index contributed by atoms with van der Waals surface area (Å²) in [6, 6.07) is 5.40. The van der Waals surface area contributed by atoms with E-state index in [1.807, 2.05) is 0 Å². The zero-order valence-corrected chi connectivity index (χ0v) is 7.49. The molecule has 0 fully saturated rings. The van der Waals surface area contributed by atoms with Crippen molar-refractivity contribution in [3.05, 3.63) is 35.4 Å². The molecule has 0 amide bonds. The number of hydrogen-bond donors (Lipinski definition) is 1. The Balaban J connectivity index is 2.31. The molecular formula is C9H7F3N2O. The Bertz CT molecular complexity index is 391. The summed E-state index contributed by atoms with van der Waals surface area (Å²) in [6.07, 6.45) is -4.49. The van der Waals surface area contributed by atoms with Crippen molar-refractivity contribution in [2.24, 2.45) is 10.2 Å². The molecule has 1 aliphatic rings. The minimum atomic E-state index is -4.49. The van der Waals surface area contributed by atoms with Crippen LogP contribution in [0.3, 0.4) is 0 Å². The SMILES string of the molecule is OCc1ccc(C2(C(F)(F)F)N=N2)cc1. The van der Waals surface area contributed by atoms with Gasteiger partial charge < -0.3 is 5.11 Å². The summed E-state index contributed by atoms with van der Waals surface area (Å²) in [5.74, 6) is 0. The first-order valence-electron chi connectivity index (χ1n) is 4.21. The number of hydrogen-bond acceptors (Lipinski definition) is 3. The summed E-state index contributed by atoms with van der Waals surface area (Å²) in [6.45, 7) is -0.201. The fraction of sp³-hybridized carbons (Fsp3) is 0.333. The zero-order chi connectivity index (χ0) is 11.1. The van der Waals surface area contributed by atoms with E-state index in [0.29, 0.717) is 5.56 Å². The van der Waals surface area contributed by atoms with E-state index in [1.165, 1.54) is 24.3 Å². The van der Waals surface area contributed by atoms with Gasteiger partial charge >= 0.3 is 11.8 Å². The Labute approximate surface area is 83.3 Å². The number of nitrogens with zero attached hydrogens (tertiary/aromatic N) is 2. The van der Waals surface area contributed by atoms with Crippen LogP contribution in [0.1, 0.15) is 11.1 Å². The van der Waals surface area contributed by atoms with E-state index in [2.05, 4.69) is 10.2 Å². The molecule has 1 aromatic carbocycles. The van der Waals surface area contributed by atoms with Crippen LogP contribution in [0.2, 0.25) is 0 Å². The van der Waals surface area contributed by atoms with E-state index in [1.54, 1.807) is 0 Å². The number of aliphatic hydroxyl groups excluding tert-OH is 1. The van der Waals surface area contributed by atoms with Gasteiger partial charge in [0.25, 0.3) is 0 Å². The number of alkyl halides is 3. The molecule has 1 N–H and O–H groups in total. The van der Waals surface area contributed by atoms with Gasteiger partial charge in [0.2, 0.25) is 0 Å². The van der Waals surface area contributed by atoms with Gasteiger partial charge in [-0.15, -0.1) is 10.2 Å². The molecule has 0 aliphatic carbocycles. The van der Waals surface area contributed by atoms with E-state index in [-0.39, 0.29) is 12.2 Å². The van der Waals surface area contributed by atoms with Crippen molar-refractivity contribution in [2.45, 2.75) is 18.4 Å². The lowest BCUT2D eigenvalue weighted by Crippen LogP contribution is -2.30. The predicted octanol–water partition coefficient (Wildman–Crippen LogP) is 2.36. The Morgan fingerprint density at radius 1 is 1.13 bits per heavy atom. The quantitative estimate of drug-likeness (QED) is 0.810. The van der Waals surface area contributed by atoms with Crippen LogP contribution < -0.4 is 0 Å². The van der Waals surface area contributed by atoms with Gasteiger partial charge in [-0.25, -0.2) is 0 Å². The monoisotopic (exact) mass is 216 g/mol. The van der Waals surface area contributed by atoms with Crippen LogP contribution in [0, 0.1) is 0 Å². The fourth-order valence-corrected chi connectivity index (χ4v) is 1.29. The summed E-state index contributed by atoms with van der Waals surface area (Å²) in [5.41, 5.74) is -1.83. The van der Waals surface area contributed by atoms with Crippen molar-refractivity contribution in [1.29, 1.82) is 0 Å². The van der Waals surface area contributed by atoms with Gasteiger partial charge in [-0.3, -0.25) is 0 Å². The number of rotatable bonds is 2. The molecule has 1 aliphatic heterocycles. The van der Waals surface area contributed by atoms with Gasteiger partial charge in [-0.2, -0.15) is 13.2 Å². The normalized spacial score (nSPS) is 17.9. The third-order valence-electron chi connectivity index (χ3n) is 2.23. The van der Waals surface area contributed by atoms with Gasteiger partial charge in [0, 0.05) is 5.56 Å². The first kappa shape index (κ1) is 10.1. The van der Waals surface area contributed by atoms with Gasteiger partial charge in [-0.05, 0) is 5.56 Å². The Hall–Kier alpha value is -1.43. The fourth-order valence-electron chi connectivity index (χ4n) is 1.29. The second kappa shape index (κ2) is 3.03. The molecule has 0 radical (unpaired) electrons. The lowest BCUT2D eigenvalue weighted by atomic mass is 10.0. The number of halogens is 3. The van der Waals surface area contributed by atoms with Gasteiger partial charge in [-0.1, -0.05) is 24.3 Å². The highest BCUT2D eigenvalue weighted by Gasteiger charge is 2.65. The van der Waals surface area contributed by atoms with Crippen molar-refractivity contribution in [2.75, 3.05) is 0 Å². The number of aliphatic hydroxyl groups is 1. The van der Waals surface area contributed by atoms with E-state index in [0.717, 1.165) is 0 Å². The Kier molecular flexibility index (Phi) is 2.04. The van der Waals surface area contributed by atoms with Crippen LogP contribution in [0.5, 0.6) is 0 Å². The lowest BCUT2D eigenvalue weighted by Gasteiger charge is -2.14. The highest BCUT2D eigenvalue weighted by atomic mass is 19.4. The van der Waals surface area contributed by atoms with Gasteiger partial charge in [0.05, 0.1) is 6.61 Å². The molecule has 0 spiro atoms. The van der Waals surface area contributed by atoms with Crippen LogP contribution in [0.25, 0.3) is 0 Å². The van der Waals surface area contributed by atoms with Crippen LogP contribution >= 0.6 is 0 Å². The first-order valence-corrected chi connectivity index (χ1v) is 4.21. The standard InChI is InChI=1S/C9H7F3N2O/c10-9(11,12)8(13-14-8)7-3-1-6(5-15)2-4-7/h1-4,15H,5H2. The molecule has 0 saturated carbocycles. The lowest BCUT2D eigenvalue weighted by molar-refractivity contribution is -0.166. The molecule has 6 heteroatoms. The molecule has 80 valence electrons. The maximum Gasteiger partial charge on any atom is 0.442 e. The van der Waals surface area contributed by atoms with E-state index in [9.17, 15) is 13.2 Å². The van der Waals surface area contributed by atoms with Crippen LogP contribution in [0.4, 0.5) is 13.2 Å². The largest absolute Gasteiger partial charge is 0.442 e. The van der Waals surface area contributed by atoms with Crippen molar-refractivity contribution in [3.63, 3.8) is 0 Å². The van der Waals surface area contributed by atoms with Crippen LogP contribution in [0.15, 0.2) is 34.5 Å². The molecule has 0 bridgehead atoms. The second-order valence-electron chi connectivity index (χ2n) is 3.23. The highest BCUT2D eigenvalue weighted by Crippen LogP contribution is 2.52. The molecule has 0 saturated heterocycles. The summed E-state index contributed by atoms with van der Waals surface area (Å²) >= 11 is 0. The van der Waals surface area contributed by atoms with Crippen molar-refractivity contribution < 1.29 is 18.3 Å². The zero-order valence-electron chi connectivity index (χ0n) is 7.49. The minimum absolute atomic E-state index is 0.0211. The molecule has 15 heavy (non-hydrogen) atoms. The topological polar surface area (TPSA) is 45.0 Å². The molecule has 0 unspecified atom stereocenters. The Morgan fingerprint density at radius 2 is 1.67 bits per heavy atom. The average molecular weight is 216 g/mol. The summed E-state index contributed by atoms with van der Waals surface area (Å²) in [4.78, 5) is 0. The molecule has 3 nitrogen and oxygen atoms in total. The smallest absolute Gasteiger partial charge is 0.392 e. The molecular weight excluding hydrogens is 209 g/mol. The van der Waals surface area contributed by atoms with Crippen molar-refractivity contribution in [1.82, 2.24) is 0 Å². The first-order chi connectivity index (χ1) is 6.99. The van der Waals surface area contributed by atoms with Crippen molar-refractivity contribution >= 4 is 0 Å². The molecule has 0 aromatic heterocycles. The number of benzene rings is 1. The Morgan fingerprint density at radius 3 is 2.00 bits per heavy atom. The third-order valence-corrected chi connectivity index (χ3v) is 2.23. The van der Waals surface area contributed by atoms with Crippen LogP contribution in [-0.2, 0) is 12.3 Å². The molecule has 2 rings (SSSR count). The van der Waals surface area contributed by atoms with E-state index >= 15 is 0 Å². The van der Waals surface area contributed by atoms with Gasteiger partial charge in [0.15, 0.2) is 0 Å².